The molecule has 3 N–H and O–H groups in total. The molecule has 0 saturated carbocycles. The summed E-state index contributed by atoms with van der Waals surface area (Å²) >= 11 is 2.75. The van der Waals surface area contributed by atoms with Crippen LogP contribution in [0.1, 0.15) is 16.7 Å². The number of hydrogen-bond donors (Lipinski definition) is 2. The summed E-state index contributed by atoms with van der Waals surface area (Å²) in [5.41, 5.74) is 8.02. The summed E-state index contributed by atoms with van der Waals surface area (Å²) in [5.74, 6) is 0.677. The Hall–Kier alpha value is -3.46. The molecule has 1 heterocycles. The number of amides is 1. The molecule has 0 fully saturated rings. The second kappa shape index (κ2) is 10.4. The van der Waals surface area contributed by atoms with Crippen molar-refractivity contribution in [1.29, 1.82) is 10.5 Å². The van der Waals surface area contributed by atoms with Gasteiger partial charge in [-0.05, 0) is 23.8 Å². The van der Waals surface area contributed by atoms with Crippen molar-refractivity contribution in [2.24, 2.45) is 0 Å². The van der Waals surface area contributed by atoms with Gasteiger partial charge in [0.05, 0.1) is 22.6 Å². The van der Waals surface area contributed by atoms with Gasteiger partial charge < -0.3 is 11.1 Å². The summed E-state index contributed by atoms with van der Waals surface area (Å²) < 4.78 is 0. The first kappa shape index (κ1) is 21.3. The second-order valence-corrected chi connectivity index (χ2v) is 8.09. The van der Waals surface area contributed by atoms with Crippen molar-refractivity contribution in [2.45, 2.75) is 15.7 Å². The van der Waals surface area contributed by atoms with Gasteiger partial charge in [0.1, 0.15) is 23.0 Å². The van der Waals surface area contributed by atoms with E-state index >= 15 is 0 Å². The monoisotopic (exact) mass is 431 g/mol. The van der Waals surface area contributed by atoms with Crippen LogP contribution in [0.2, 0.25) is 0 Å². The van der Waals surface area contributed by atoms with Gasteiger partial charge in [0, 0.05) is 10.6 Å². The number of anilines is 2. The Kier molecular flexibility index (Phi) is 7.34. The first-order valence-electron chi connectivity index (χ1n) is 8.90. The SMILES string of the molecule is N#Cc1cc(C#N)c(SCC(=O)Nc2ccccc2SCc2ccccc2)nc1N. The summed E-state index contributed by atoms with van der Waals surface area (Å²) in [6.45, 7) is 0. The molecule has 148 valence electrons. The molecule has 2 aromatic carbocycles. The number of hydrogen-bond acceptors (Lipinski definition) is 7. The van der Waals surface area contributed by atoms with Gasteiger partial charge >= 0.3 is 0 Å². The number of nitrogens with one attached hydrogen (secondary N) is 1. The third-order valence-corrected chi connectivity index (χ3v) is 6.13. The normalized spacial score (nSPS) is 10.1. The van der Waals surface area contributed by atoms with Crippen LogP contribution < -0.4 is 11.1 Å². The zero-order valence-electron chi connectivity index (χ0n) is 15.8. The van der Waals surface area contributed by atoms with Crippen LogP contribution >= 0.6 is 23.5 Å². The van der Waals surface area contributed by atoms with Crippen LogP contribution in [0.15, 0.2) is 70.6 Å². The Morgan fingerprint density at radius 1 is 1.00 bits per heavy atom. The molecule has 0 aliphatic heterocycles. The number of nitrogens with zero attached hydrogens (tertiary/aromatic N) is 3. The molecule has 0 atom stereocenters. The molecule has 0 saturated heterocycles. The minimum Gasteiger partial charge on any atom is -0.383 e. The molecule has 0 unspecified atom stereocenters. The number of nitrogens with two attached hydrogens (primary N) is 1. The number of para-hydroxylation sites is 1. The molecular weight excluding hydrogens is 414 g/mol. The zero-order chi connectivity index (χ0) is 21.3. The fraction of sp³-hybridized carbons (Fsp3) is 0.0909. The quantitative estimate of drug-likeness (QED) is 0.532. The smallest absolute Gasteiger partial charge is 0.234 e. The minimum absolute atomic E-state index is 0.0436. The van der Waals surface area contributed by atoms with Crippen LogP contribution in [0.3, 0.4) is 0 Å². The van der Waals surface area contributed by atoms with E-state index in [1.807, 2.05) is 54.6 Å². The van der Waals surface area contributed by atoms with Gasteiger partial charge in [-0.25, -0.2) is 4.98 Å². The van der Waals surface area contributed by atoms with Crippen molar-refractivity contribution in [1.82, 2.24) is 4.98 Å². The number of nitrogen functional groups attached to an aromatic ring is 1. The summed E-state index contributed by atoms with van der Waals surface area (Å²) in [6, 6.07) is 23.0. The van der Waals surface area contributed by atoms with Gasteiger partial charge in [-0.3, -0.25) is 4.79 Å². The minimum atomic E-state index is -0.221. The second-order valence-electron chi connectivity index (χ2n) is 6.10. The third-order valence-electron chi connectivity index (χ3n) is 4.00. The largest absolute Gasteiger partial charge is 0.383 e. The van der Waals surface area contributed by atoms with Crippen molar-refractivity contribution >= 4 is 40.9 Å². The predicted octanol–water partition coefficient (Wildman–Crippen LogP) is 4.43. The highest BCUT2D eigenvalue weighted by molar-refractivity contribution is 8.00. The number of nitriles is 2. The van der Waals surface area contributed by atoms with Crippen molar-refractivity contribution in [3.63, 3.8) is 0 Å². The van der Waals surface area contributed by atoms with Gasteiger partial charge in [0.15, 0.2) is 0 Å². The number of carbonyl (C=O) groups excluding carboxylic acids is 1. The van der Waals surface area contributed by atoms with E-state index in [-0.39, 0.29) is 28.6 Å². The summed E-state index contributed by atoms with van der Waals surface area (Å²) in [7, 11) is 0. The Balaban J connectivity index is 1.64. The number of benzene rings is 2. The number of rotatable bonds is 7. The van der Waals surface area contributed by atoms with E-state index in [1.165, 1.54) is 11.6 Å². The molecule has 8 heteroatoms. The average Bonchev–Trinajstić information content (AvgIpc) is 2.78. The van der Waals surface area contributed by atoms with Crippen LogP contribution in [0.5, 0.6) is 0 Å². The Bertz CT molecular complexity index is 1140. The van der Waals surface area contributed by atoms with E-state index in [0.717, 1.165) is 28.1 Å². The summed E-state index contributed by atoms with van der Waals surface area (Å²) in [4.78, 5) is 17.5. The van der Waals surface area contributed by atoms with E-state index in [2.05, 4.69) is 22.4 Å². The van der Waals surface area contributed by atoms with E-state index in [4.69, 9.17) is 11.0 Å². The molecule has 6 nitrogen and oxygen atoms in total. The van der Waals surface area contributed by atoms with E-state index in [9.17, 15) is 10.1 Å². The molecule has 0 bridgehead atoms. The molecular formula is C22H17N5OS2. The van der Waals surface area contributed by atoms with Crippen LogP contribution in [0.4, 0.5) is 11.5 Å². The molecule has 3 rings (SSSR count). The molecule has 3 aromatic rings. The maximum Gasteiger partial charge on any atom is 0.234 e. The highest BCUT2D eigenvalue weighted by Gasteiger charge is 2.13. The maximum atomic E-state index is 12.5. The van der Waals surface area contributed by atoms with Gasteiger partial charge in [0.25, 0.3) is 0 Å². The van der Waals surface area contributed by atoms with Crippen molar-refractivity contribution < 1.29 is 4.79 Å². The molecule has 1 aromatic heterocycles. The molecule has 0 radical (unpaired) electrons. The average molecular weight is 432 g/mol. The van der Waals surface area contributed by atoms with Crippen LogP contribution in [0.25, 0.3) is 0 Å². The Labute approximate surface area is 183 Å². The molecule has 0 aliphatic carbocycles. The van der Waals surface area contributed by atoms with Crippen LogP contribution in [-0.2, 0) is 10.5 Å². The standard InChI is InChI=1S/C22H17N5OS2/c23-11-16-10-17(12-24)22(27-21(16)25)30-14-20(28)26-18-8-4-5-9-19(18)29-13-15-6-2-1-3-7-15/h1-10H,13-14H2,(H2,25,27)(H,26,28). The lowest BCUT2D eigenvalue weighted by molar-refractivity contribution is -0.113. The number of carbonyl (C=O) groups is 1. The lowest BCUT2D eigenvalue weighted by Crippen LogP contribution is -2.15. The topological polar surface area (TPSA) is 116 Å². The van der Waals surface area contributed by atoms with Crippen molar-refractivity contribution in [2.75, 3.05) is 16.8 Å². The third kappa shape index (κ3) is 5.54. The van der Waals surface area contributed by atoms with Crippen LogP contribution in [-0.4, -0.2) is 16.6 Å². The van der Waals surface area contributed by atoms with Crippen molar-refractivity contribution in [3.05, 3.63) is 77.4 Å². The predicted molar refractivity (Wildman–Crippen MR) is 120 cm³/mol. The van der Waals surface area contributed by atoms with Crippen molar-refractivity contribution in [3.8, 4) is 12.1 Å². The number of aromatic nitrogens is 1. The van der Waals surface area contributed by atoms with Gasteiger partial charge in [0.2, 0.25) is 5.91 Å². The lowest BCUT2D eigenvalue weighted by Gasteiger charge is -2.11. The van der Waals surface area contributed by atoms with E-state index in [1.54, 1.807) is 11.8 Å². The first-order chi connectivity index (χ1) is 14.6. The maximum absolute atomic E-state index is 12.5. The molecule has 0 spiro atoms. The summed E-state index contributed by atoms with van der Waals surface area (Å²) in [5, 5.41) is 21.5. The Morgan fingerprint density at radius 2 is 1.70 bits per heavy atom. The highest BCUT2D eigenvalue weighted by Crippen LogP contribution is 2.30. The fourth-order valence-corrected chi connectivity index (χ4v) is 4.27. The van der Waals surface area contributed by atoms with Gasteiger partial charge in [-0.2, -0.15) is 10.5 Å². The number of pyridine rings is 1. The van der Waals surface area contributed by atoms with E-state index in [0.29, 0.717) is 5.03 Å². The zero-order valence-corrected chi connectivity index (χ0v) is 17.5. The van der Waals surface area contributed by atoms with Gasteiger partial charge in [-0.1, -0.05) is 54.2 Å². The number of thioether (sulfide) groups is 2. The molecule has 1 amide bonds. The molecule has 0 aliphatic rings. The lowest BCUT2D eigenvalue weighted by atomic mass is 10.2. The van der Waals surface area contributed by atoms with Gasteiger partial charge in [-0.15, -0.1) is 11.8 Å². The highest BCUT2D eigenvalue weighted by atomic mass is 32.2. The summed E-state index contributed by atoms with van der Waals surface area (Å²) in [6.07, 6.45) is 0. The van der Waals surface area contributed by atoms with Crippen LogP contribution in [0, 0.1) is 22.7 Å². The van der Waals surface area contributed by atoms with E-state index < -0.39 is 0 Å². The first-order valence-corrected chi connectivity index (χ1v) is 10.9. The fourth-order valence-electron chi connectivity index (χ4n) is 2.54. The Morgan fingerprint density at radius 3 is 2.43 bits per heavy atom. The molecule has 30 heavy (non-hydrogen) atoms.